The molecule has 1 aliphatic rings. The lowest BCUT2D eigenvalue weighted by Gasteiger charge is -2.39. The van der Waals surface area contributed by atoms with Crippen molar-refractivity contribution in [3.63, 3.8) is 0 Å². The third-order valence-corrected chi connectivity index (χ3v) is 5.44. The molecular weight excluding hydrogens is 342 g/mol. The zero-order valence-corrected chi connectivity index (χ0v) is 17.4. The Morgan fingerprint density at radius 3 is 2.44 bits per heavy atom. The van der Waals surface area contributed by atoms with Crippen LogP contribution in [-0.2, 0) is 14.3 Å². The molecule has 2 N–H and O–H groups in total. The number of esters is 1. The van der Waals surface area contributed by atoms with Crippen molar-refractivity contribution in [3.05, 3.63) is 17.8 Å². The van der Waals surface area contributed by atoms with Crippen LogP contribution in [0.1, 0.15) is 64.4 Å². The Labute approximate surface area is 163 Å². The predicted octanol–water partition coefficient (Wildman–Crippen LogP) is 3.75. The Morgan fingerprint density at radius 1 is 1.26 bits per heavy atom. The Kier molecular flexibility index (Phi) is 7.90. The van der Waals surface area contributed by atoms with E-state index >= 15 is 0 Å². The summed E-state index contributed by atoms with van der Waals surface area (Å²) in [6, 6.07) is 2.40. The summed E-state index contributed by atoms with van der Waals surface area (Å²) in [6.45, 7) is 7.36. The van der Waals surface area contributed by atoms with E-state index in [1.54, 1.807) is 7.11 Å². The summed E-state index contributed by atoms with van der Waals surface area (Å²) >= 11 is 0. The van der Waals surface area contributed by atoms with E-state index in [2.05, 4.69) is 18.7 Å². The van der Waals surface area contributed by atoms with E-state index < -0.39 is 0 Å². The maximum Gasteiger partial charge on any atom is 0.306 e. The molecule has 1 unspecified atom stereocenters. The molecule has 0 spiro atoms. The first-order valence-corrected chi connectivity index (χ1v) is 9.97. The second kappa shape index (κ2) is 9.93. The molecule has 1 aromatic rings. The lowest BCUT2D eigenvalue weighted by Crippen LogP contribution is -2.42. The van der Waals surface area contributed by atoms with Crippen LogP contribution in [0.2, 0.25) is 0 Å². The van der Waals surface area contributed by atoms with Gasteiger partial charge >= 0.3 is 5.97 Å². The summed E-state index contributed by atoms with van der Waals surface area (Å²) in [5.41, 5.74) is 8.06. The van der Waals surface area contributed by atoms with E-state index in [-0.39, 0.29) is 11.9 Å². The quantitative estimate of drug-likeness (QED) is 0.695. The topological polar surface area (TPSA) is 77.7 Å². The van der Waals surface area contributed by atoms with Crippen molar-refractivity contribution in [3.8, 4) is 0 Å². The molecule has 152 valence electrons. The van der Waals surface area contributed by atoms with Crippen molar-refractivity contribution in [2.45, 2.75) is 70.9 Å². The standard InChI is InChI=1S/C21H35N3O3/c1-14(2)13-24(17-6-8-18(26-4)9-7-17)21-19(22)11-16(12-23-21)15(3)10-20(25)27-5/h11-12,14-15,17-18H,6-10,13,22H2,1-5H3. The van der Waals surface area contributed by atoms with Gasteiger partial charge in [0, 0.05) is 25.9 Å². The number of hydrogen-bond acceptors (Lipinski definition) is 6. The van der Waals surface area contributed by atoms with Crippen molar-refractivity contribution in [2.75, 3.05) is 31.4 Å². The number of pyridine rings is 1. The van der Waals surface area contributed by atoms with Crippen molar-refractivity contribution >= 4 is 17.5 Å². The third-order valence-electron chi connectivity index (χ3n) is 5.44. The highest BCUT2D eigenvalue weighted by atomic mass is 16.5. The molecule has 6 nitrogen and oxygen atoms in total. The van der Waals surface area contributed by atoms with Gasteiger partial charge in [-0.2, -0.15) is 0 Å². The Bertz CT molecular complexity index is 613. The van der Waals surface area contributed by atoms with Crippen LogP contribution in [0.5, 0.6) is 0 Å². The first kappa shape index (κ1) is 21.5. The summed E-state index contributed by atoms with van der Waals surface area (Å²) in [4.78, 5) is 18.6. The number of carbonyl (C=O) groups is 1. The van der Waals surface area contributed by atoms with Gasteiger partial charge in [-0.15, -0.1) is 0 Å². The van der Waals surface area contributed by atoms with Gasteiger partial charge in [-0.3, -0.25) is 4.79 Å². The van der Waals surface area contributed by atoms with Crippen LogP contribution in [0.3, 0.4) is 0 Å². The lowest BCUT2D eigenvalue weighted by atomic mass is 9.91. The number of anilines is 2. The first-order chi connectivity index (χ1) is 12.8. The minimum absolute atomic E-state index is 0.0250. The van der Waals surface area contributed by atoms with Gasteiger partial charge in [0.1, 0.15) is 0 Å². The molecule has 1 atom stereocenters. The van der Waals surface area contributed by atoms with E-state index in [1.165, 1.54) is 7.11 Å². The summed E-state index contributed by atoms with van der Waals surface area (Å²) in [7, 11) is 3.21. The Morgan fingerprint density at radius 2 is 1.93 bits per heavy atom. The normalized spacial score (nSPS) is 21.1. The van der Waals surface area contributed by atoms with Crippen LogP contribution < -0.4 is 10.6 Å². The second-order valence-corrected chi connectivity index (χ2v) is 8.08. The van der Waals surface area contributed by atoms with Crippen LogP contribution in [-0.4, -0.2) is 43.9 Å². The van der Waals surface area contributed by atoms with E-state index in [4.69, 9.17) is 20.2 Å². The zero-order chi connectivity index (χ0) is 20.0. The molecule has 1 aliphatic carbocycles. The minimum Gasteiger partial charge on any atom is -0.469 e. The van der Waals surface area contributed by atoms with E-state index in [0.717, 1.165) is 43.6 Å². The Balaban J connectivity index is 2.19. The van der Waals surface area contributed by atoms with Gasteiger partial charge in [-0.1, -0.05) is 20.8 Å². The number of hydrogen-bond donors (Lipinski definition) is 1. The largest absolute Gasteiger partial charge is 0.469 e. The molecule has 0 aromatic carbocycles. The van der Waals surface area contributed by atoms with Crippen molar-refractivity contribution < 1.29 is 14.3 Å². The van der Waals surface area contributed by atoms with E-state index in [1.807, 2.05) is 19.2 Å². The molecule has 1 saturated carbocycles. The fraction of sp³-hybridized carbons (Fsp3) is 0.714. The first-order valence-electron chi connectivity index (χ1n) is 9.97. The molecule has 0 amide bonds. The molecule has 1 fully saturated rings. The summed E-state index contributed by atoms with van der Waals surface area (Å²) in [5, 5.41) is 0. The van der Waals surface area contributed by atoms with Gasteiger partial charge < -0.3 is 20.1 Å². The highest BCUT2D eigenvalue weighted by molar-refractivity contribution is 5.71. The minimum atomic E-state index is -0.221. The molecule has 0 radical (unpaired) electrons. The van der Waals surface area contributed by atoms with Crippen LogP contribution in [0.15, 0.2) is 12.3 Å². The molecule has 27 heavy (non-hydrogen) atoms. The zero-order valence-electron chi connectivity index (χ0n) is 17.4. The van der Waals surface area contributed by atoms with Crippen LogP contribution in [0, 0.1) is 5.92 Å². The van der Waals surface area contributed by atoms with Gasteiger partial charge in [-0.25, -0.2) is 4.98 Å². The van der Waals surface area contributed by atoms with Gasteiger partial charge in [0.15, 0.2) is 5.82 Å². The molecule has 0 saturated heterocycles. The number of nitrogens with two attached hydrogens (primary N) is 1. The molecule has 6 heteroatoms. The Hall–Kier alpha value is -1.82. The maximum atomic E-state index is 11.5. The fourth-order valence-corrected chi connectivity index (χ4v) is 3.85. The number of methoxy groups -OCH3 is 2. The summed E-state index contributed by atoms with van der Waals surface area (Å²) in [5.74, 6) is 1.18. The van der Waals surface area contributed by atoms with Gasteiger partial charge in [0.05, 0.1) is 25.3 Å². The van der Waals surface area contributed by atoms with Crippen molar-refractivity contribution in [1.82, 2.24) is 4.98 Å². The second-order valence-electron chi connectivity index (χ2n) is 8.08. The number of nitrogens with zero attached hydrogens (tertiary/aromatic N) is 2. The number of rotatable bonds is 8. The lowest BCUT2D eigenvalue weighted by molar-refractivity contribution is -0.140. The van der Waals surface area contributed by atoms with Crippen molar-refractivity contribution in [1.29, 1.82) is 0 Å². The molecule has 2 rings (SSSR count). The highest BCUT2D eigenvalue weighted by Crippen LogP contribution is 2.33. The number of ether oxygens (including phenoxy) is 2. The average Bonchev–Trinajstić information content (AvgIpc) is 2.66. The van der Waals surface area contributed by atoms with Crippen LogP contribution >= 0.6 is 0 Å². The van der Waals surface area contributed by atoms with Gasteiger partial charge in [0.25, 0.3) is 0 Å². The molecular formula is C21H35N3O3. The maximum absolute atomic E-state index is 11.5. The number of aromatic nitrogens is 1. The number of carbonyl (C=O) groups excluding carboxylic acids is 1. The molecule has 1 heterocycles. The van der Waals surface area contributed by atoms with E-state index in [9.17, 15) is 4.79 Å². The molecule has 0 bridgehead atoms. The molecule has 0 aliphatic heterocycles. The fourth-order valence-electron chi connectivity index (χ4n) is 3.85. The third kappa shape index (κ3) is 5.83. The van der Waals surface area contributed by atoms with Crippen molar-refractivity contribution in [2.24, 2.45) is 5.92 Å². The number of nitrogen functional groups attached to an aromatic ring is 1. The SMILES string of the molecule is COC(=O)CC(C)c1cnc(N(CC(C)C)C2CCC(OC)CC2)c(N)c1. The average molecular weight is 378 g/mol. The van der Waals surface area contributed by atoms with Gasteiger partial charge in [0.2, 0.25) is 0 Å². The highest BCUT2D eigenvalue weighted by Gasteiger charge is 2.28. The smallest absolute Gasteiger partial charge is 0.306 e. The van der Waals surface area contributed by atoms with Gasteiger partial charge in [-0.05, 0) is 49.1 Å². The summed E-state index contributed by atoms with van der Waals surface area (Å²) in [6.07, 6.45) is 6.88. The van der Waals surface area contributed by atoms with Crippen LogP contribution in [0.4, 0.5) is 11.5 Å². The predicted molar refractivity (Wildman–Crippen MR) is 109 cm³/mol. The molecule has 1 aromatic heterocycles. The summed E-state index contributed by atoms with van der Waals surface area (Å²) < 4.78 is 10.3. The van der Waals surface area contributed by atoms with Crippen LogP contribution in [0.25, 0.3) is 0 Å². The monoisotopic (exact) mass is 377 g/mol. The van der Waals surface area contributed by atoms with E-state index in [0.29, 0.717) is 30.2 Å².